The van der Waals surface area contributed by atoms with Crippen LogP contribution in [-0.4, -0.2) is 27.4 Å². The maximum absolute atomic E-state index is 13.5. The fraction of sp³-hybridized carbons (Fsp3) is 0.174. The Morgan fingerprint density at radius 2 is 2.03 bits per heavy atom. The lowest BCUT2D eigenvalue weighted by molar-refractivity contribution is 0.0966. The first-order valence-electron chi connectivity index (χ1n) is 10.0. The summed E-state index contributed by atoms with van der Waals surface area (Å²) in [5.41, 5.74) is 5.55. The number of aromatic nitrogens is 3. The molecule has 0 unspecified atom stereocenters. The van der Waals surface area contributed by atoms with E-state index in [9.17, 15) is 14.0 Å². The molecule has 4 aromatic rings. The number of carbonyl (C=O) groups is 1. The molecule has 0 fully saturated rings. The van der Waals surface area contributed by atoms with E-state index in [-0.39, 0.29) is 17.3 Å². The molecule has 1 aliphatic rings. The van der Waals surface area contributed by atoms with Gasteiger partial charge < -0.3 is 20.6 Å². The maximum atomic E-state index is 13.5. The van der Waals surface area contributed by atoms with Gasteiger partial charge in [-0.25, -0.2) is 9.37 Å². The number of fused-ring (bicyclic) bond motifs is 2. The Hall–Kier alpha value is -3.94. The van der Waals surface area contributed by atoms with Crippen LogP contribution in [0, 0.1) is 12.7 Å². The van der Waals surface area contributed by atoms with E-state index in [1.165, 1.54) is 12.1 Å². The van der Waals surface area contributed by atoms with Gasteiger partial charge in [0, 0.05) is 24.8 Å². The van der Waals surface area contributed by atoms with Gasteiger partial charge in [0.2, 0.25) is 0 Å². The van der Waals surface area contributed by atoms with Crippen LogP contribution in [0.5, 0.6) is 0 Å². The number of imidazole rings is 1. The number of hydrogen-bond donors (Lipinski definition) is 4. The quantitative estimate of drug-likeness (QED) is 0.400. The first kappa shape index (κ1) is 19.0. The Labute approximate surface area is 176 Å². The van der Waals surface area contributed by atoms with E-state index >= 15 is 0 Å². The minimum Gasteiger partial charge on any atom is -0.384 e. The monoisotopic (exact) mass is 417 g/mol. The molecule has 0 bridgehead atoms. The van der Waals surface area contributed by atoms with Gasteiger partial charge in [-0.3, -0.25) is 9.59 Å². The summed E-state index contributed by atoms with van der Waals surface area (Å²) in [6.07, 6.45) is 2.18. The van der Waals surface area contributed by atoms with Crippen LogP contribution in [0.1, 0.15) is 27.0 Å². The molecule has 7 nitrogen and oxygen atoms in total. The predicted octanol–water partition coefficient (Wildman–Crippen LogP) is 3.26. The summed E-state index contributed by atoms with van der Waals surface area (Å²) in [4.78, 5) is 35.0. The summed E-state index contributed by atoms with van der Waals surface area (Å²) in [5.74, 6) is 0.0414. The summed E-state index contributed by atoms with van der Waals surface area (Å²) >= 11 is 0. The lowest BCUT2D eigenvalue weighted by Gasteiger charge is -2.11. The Balaban J connectivity index is 1.45. The summed E-state index contributed by atoms with van der Waals surface area (Å²) in [7, 11) is 0. The van der Waals surface area contributed by atoms with E-state index in [2.05, 4.69) is 25.6 Å². The number of benzene rings is 2. The molecule has 0 atom stereocenters. The molecule has 2 aromatic heterocycles. The van der Waals surface area contributed by atoms with Gasteiger partial charge in [-0.15, -0.1) is 0 Å². The number of amides is 1. The van der Waals surface area contributed by atoms with Crippen molar-refractivity contribution in [2.75, 3.05) is 11.9 Å². The third-order valence-corrected chi connectivity index (χ3v) is 5.61. The number of halogens is 1. The summed E-state index contributed by atoms with van der Waals surface area (Å²) < 4.78 is 13.5. The third-order valence-electron chi connectivity index (χ3n) is 5.61. The van der Waals surface area contributed by atoms with Gasteiger partial charge in [-0.1, -0.05) is 6.07 Å². The molecule has 31 heavy (non-hydrogen) atoms. The standard InChI is InChI=1S/C23H20FN5O2/c1-12-2-3-15(24)8-13(12)4-6-25-17-5-7-26-23(31)20(17)21-28-18-9-14-11-27-22(30)16(14)10-19(18)29-21/h2-3,5,7-10H,4,6,11H2,1H3,(H,27,30)(H,28,29)(H2,25,26,31). The van der Waals surface area contributed by atoms with Crippen molar-refractivity contribution < 1.29 is 9.18 Å². The highest BCUT2D eigenvalue weighted by Gasteiger charge is 2.21. The van der Waals surface area contributed by atoms with E-state index in [4.69, 9.17) is 0 Å². The van der Waals surface area contributed by atoms with E-state index in [1.807, 2.05) is 13.0 Å². The average Bonchev–Trinajstić information content (AvgIpc) is 3.32. The normalized spacial score (nSPS) is 12.8. The zero-order valence-electron chi connectivity index (χ0n) is 16.8. The zero-order chi connectivity index (χ0) is 21.5. The van der Waals surface area contributed by atoms with Crippen molar-refractivity contribution in [1.29, 1.82) is 0 Å². The number of pyridine rings is 1. The number of aryl methyl sites for hydroxylation is 1. The molecular formula is C23H20FN5O2. The van der Waals surface area contributed by atoms with Crippen LogP contribution >= 0.6 is 0 Å². The molecule has 156 valence electrons. The topological polar surface area (TPSA) is 103 Å². The van der Waals surface area contributed by atoms with Gasteiger partial charge in [0.15, 0.2) is 0 Å². The number of carbonyl (C=O) groups excluding carboxylic acids is 1. The largest absolute Gasteiger partial charge is 0.384 e. The summed E-state index contributed by atoms with van der Waals surface area (Å²) in [6.45, 7) is 2.95. The number of H-pyrrole nitrogens is 2. The molecule has 0 aliphatic carbocycles. The molecule has 3 heterocycles. The number of rotatable bonds is 5. The molecule has 1 amide bonds. The number of hydrogen-bond acceptors (Lipinski definition) is 4. The lowest BCUT2D eigenvalue weighted by atomic mass is 10.1. The van der Waals surface area contributed by atoms with E-state index in [0.717, 1.165) is 22.2 Å². The summed E-state index contributed by atoms with van der Waals surface area (Å²) in [5, 5.41) is 6.07. The Kier molecular flexibility index (Phi) is 4.54. The first-order valence-corrected chi connectivity index (χ1v) is 10.0. The van der Waals surface area contributed by atoms with Crippen molar-refractivity contribution >= 4 is 22.6 Å². The smallest absolute Gasteiger partial charge is 0.261 e. The predicted molar refractivity (Wildman–Crippen MR) is 117 cm³/mol. The molecule has 5 rings (SSSR count). The van der Waals surface area contributed by atoms with Gasteiger partial charge >= 0.3 is 0 Å². The van der Waals surface area contributed by atoms with Crippen molar-refractivity contribution in [3.8, 4) is 11.4 Å². The van der Waals surface area contributed by atoms with Crippen LogP contribution in [0.25, 0.3) is 22.4 Å². The molecule has 2 aromatic carbocycles. The minimum atomic E-state index is -0.281. The van der Waals surface area contributed by atoms with Crippen LogP contribution in [0.15, 0.2) is 47.4 Å². The highest BCUT2D eigenvalue weighted by molar-refractivity contribution is 6.01. The van der Waals surface area contributed by atoms with Gasteiger partial charge in [-0.05, 0) is 60.4 Å². The fourth-order valence-electron chi connectivity index (χ4n) is 3.95. The van der Waals surface area contributed by atoms with Gasteiger partial charge in [0.25, 0.3) is 11.5 Å². The lowest BCUT2D eigenvalue weighted by Crippen LogP contribution is -2.14. The van der Waals surface area contributed by atoms with Crippen LogP contribution in [0.3, 0.4) is 0 Å². The Bertz CT molecular complexity index is 1390. The van der Waals surface area contributed by atoms with E-state index in [0.29, 0.717) is 47.7 Å². The van der Waals surface area contributed by atoms with Crippen molar-refractivity contribution in [2.24, 2.45) is 0 Å². The van der Waals surface area contributed by atoms with Crippen molar-refractivity contribution in [1.82, 2.24) is 20.3 Å². The van der Waals surface area contributed by atoms with Crippen LogP contribution in [-0.2, 0) is 13.0 Å². The van der Waals surface area contributed by atoms with Crippen LogP contribution in [0.4, 0.5) is 10.1 Å². The average molecular weight is 417 g/mol. The number of nitrogens with zero attached hydrogens (tertiary/aromatic N) is 1. The molecule has 0 spiro atoms. The number of aromatic amines is 2. The van der Waals surface area contributed by atoms with Crippen LogP contribution in [0.2, 0.25) is 0 Å². The highest BCUT2D eigenvalue weighted by Crippen LogP contribution is 2.27. The van der Waals surface area contributed by atoms with Crippen LogP contribution < -0.4 is 16.2 Å². The number of anilines is 1. The molecular weight excluding hydrogens is 397 g/mol. The Morgan fingerprint density at radius 3 is 2.90 bits per heavy atom. The van der Waals surface area contributed by atoms with E-state index < -0.39 is 0 Å². The molecule has 8 heteroatoms. The van der Waals surface area contributed by atoms with Gasteiger partial charge in [0.1, 0.15) is 17.2 Å². The molecule has 4 N–H and O–H groups in total. The maximum Gasteiger partial charge on any atom is 0.261 e. The highest BCUT2D eigenvalue weighted by atomic mass is 19.1. The van der Waals surface area contributed by atoms with Gasteiger partial charge in [0.05, 0.1) is 16.7 Å². The second-order valence-electron chi connectivity index (χ2n) is 7.64. The molecule has 0 saturated carbocycles. The van der Waals surface area contributed by atoms with Crippen molar-refractivity contribution in [3.63, 3.8) is 0 Å². The van der Waals surface area contributed by atoms with Crippen molar-refractivity contribution in [3.05, 3.63) is 81.0 Å². The molecule has 1 aliphatic heterocycles. The Morgan fingerprint density at radius 1 is 1.16 bits per heavy atom. The van der Waals surface area contributed by atoms with Gasteiger partial charge in [-0.2, -0.15) is 0 Å². The SMILES string of the molecule is Cc1ccc(F)cc1CCNc1cc[nH]c(=O)c1-c1nc2cc3c(cc2[nH]1)CNC3=O. The number of nitrogens with one attached hydrogen (secondary N) is 4. The first-order chi connectivity index (χ1) is 15.0. The minimum absolute atomic E-state index is 0.117. The molecule has 0 saturated heterocycles. The summed E-state index contributed by atoms with van der Waals surface area (Å²) in [6, 6.07) is 10.1. The zero-order valence-corrected chi connectivity index (χ0v) is 16.8. The van der Waals surface area contributed by atoms with E-state index in [1.54, 1.807) is 24.4 Å². The third kappa shape index (κ3) is 3.46. The van der Waals surface area contributed by atoms with Crippen molar-refractivity contribution in [2.45, 2.75) is 19.9 Å². The second kappa shape index (κ2) is 7.39. The second-order valence-corrected chi connectivity index (χ2v) is 7.64. The molecule has 0 radical (unpaired) electrons. The fourth-order valence-corrected chi connectivity index (χ4v) is 3.95.